The molecule has 2 aromatic carbocycles. The SMILES string of the molecule is C[C@@H](O)CN[C@@](C)(COC(=O)C(F)(F)F)CC(=O)N[C@H](Cc1c[nH]c2ccccc12)C(=O)N1CCC2(CCc3ccccc32)CC1. The Morgan fingerprint density at radius 3 is 2.48 bits per heavy atom. The second kappa shape index (κ2) is 13.4. The molecule has 0 saturated carbocycles. The van der Waals surface area contributed by atoms with Crippen LogP contribution in [0.1, 0.15) is 56.2 Å². The van der Waals surface area contributed by atoms with Gasteiger partial charge in [-0.05, 0) is 67.7 Å². The first-order valence-corrected chi connectivity index (χ1v) is 15.7. The lowest BCUT2D eigenvalue weighted by Gasteiger charge is -2.41. The number of aromatic nitrogens is 1. The molecule has 12 heteroatoms. The Morgan fingerprint density at radius 2 is 1.76 bits per heavy atom. The second-order valence-corrected chi connectivity index (χ2v) is 13.0. The van der Waals surface area contributed by atoms with Gasteiger partial charge in [-0.2, -0.15) is 13.2 Å². The van der Waals surface area contributed by atoms with Crippen LogP contribution < -0.4 is 10.6 Å². The molecule has 4 N–H and O–H groups in total. The summed E-state index contributed by atoms with van der Waals surface area (Å²) in [5, 5.41) is 16.4. The van der Waals surface area contributed by atoms with Gasteiger partial charge < -0.3 is 30.4 Å². The fraction of sp³-hybridized carbons (Fsp3) is 0.500. The molecule has 248 valence electrons. The summed E-state index contributed by atoms with van der Waals surface area (Å²) >= 11 is 0. The number of aromatic amines is 1. The average molecular weight is 643 g/mol. The number of para-hydroxylation sites is 1. The highest BCUT2D eigenvalue weighted by atomic mass is 19.4. The van der Waals surface area contributed by atoms with Crippen LogP contribution in [0.5, 0.6) is 0 Å². The molecule has 2 aliphatic rings. The third-order valence-electron chi connectivity index (χ3n) is 9.35. The highest BCUT2D eigenvalue weighted by Crippen LogP contribution is 2.46. The lowest BCUT2D eigenvalue weighted by atomic mass is 9.74. The smallest absolute Gasteiger partial charge is 0.457 e. The highest BCUT2D eigenvalue weighted by molar-refractivity contribution is 5.90. The van der Waals surface area contributed by atoms with Crippen molar-refractivity contribution >= 4 is 28.7 Å². The van der Waals surface area contributed by atoms with Crippen LogP contribution in [0.2, 0.25) is 0 Å². The summed E-state index contributed by atoms with van der Waals surface area (Å²) in [4.78, 5) is 44.1. The number of alkyl halides is 3. The first-order valence-electron chi connectivity index (χ1n) is 15.7. The van der Waals surface area contributed by atoms with Crippen LogP contribution in [0.25, 0.3) is 10.9 Å². The van der Waals surface area contributed by atoms with Crippen LogP contribution in [0, 0.1) is 0 Å². The van der Waals surface area contributed by atoms with E-state index in [-0.39, 0.29) is 24.3 Å². The number of carbonyl (C=O) groups excluding carboxylic acids is 3. The molecule has 2 heterocycles. The minimum atomic E-state index is -5.20. The molecular formula is C34H41F3N4O5. The number of halogens is 3. The monoisotopic (exact) mass is 642 g/mol. The van der Waals surface area contributed by atoms with E-state index in [0.29, 0.717) is 13.1 Å². The van der Waals surface area contributed by atoms with Crippen LogP contribution in [-0.4, -0.2) is 82.9 Å². The summed E-state index contributed by atoms with van der Waals surface area (Å²) in [6.45, 7) is 3.13. The molecule has 1 saturated heterocycles. The largest absolute Gasteiger partial charge is 0.490 e. The van der Waals surface area contributed by atoms with Crippen LogP contribution >= 0.6 is 0 Å². The Hall–Kier alpha value is -3.90. The Labute approximate surface area is 265 Å². The number of nitrogens with zero attached hydrogens (tertiary/aromatic N) is 1. The van der Waals surface area contributed by atoms with E-state index in [1.54, 1.807) is 4.90 Å². The van der Waals surface area contributed by atoms with Crippen molar-refractivity contribution in [3.05, 3.63) is 71.4 Å². The van der Waals surface area contributed by atoms with E-state index in [9.17, 15) is 32.7 Å². The predicted molar refractivity (Wildman–Crippen MR) is 166 cm³/mol. The fourth-order valence-corrected chi connectivity index (χ4v) is 6.84. The number of benzene rings is 2. The number of rotatable bonds is 11. The number of aliphatic hydroxyl groups is 1. The van der Waals surface area contributed by atoms with Gasteiger partial charge in [0.05, 0.1) is 11.6 Å². The van der Waals surface area contributed by atoms with Crippen LogP contribution in [0.15, 0.2) is 54.7 Å². The summed E-state index contributed by atoms with van der Waals surface area (Å²) in [7, 11) is 0. The van der Waals surface area contributed by atoms with Crippen molar-refractivity contribution in [2.75, 3.05) is 26.2 Å². The molecule has 0 bridgehead atoms. The van der Waals surface area contributed by atoms with Crippen molar-refractivity contribution in [3.8, 4) is 0 Å². The number of piperidine rings is 1. The van der Waals surface area contributed by atoms with Crippen molar-refractivity contribution in [1.82, 2.24) is 20.5 Å². The van der Waals surface area contributed by atoms with Gasteiger partial charge in [-0.15, -0.1) is 0 Å². The van der Waals surface area contributed by atoms with E-state index in [0.717, 1.165) is 42.1 Å². The quantitative estimate of drug-likeness (QED) is 0.235. The van der Waals surface area contributed by atoms with Crippen LogP contribution in [-0.2, 0) is 37.4 Å². The van der Waals surface area contributed by atoms with Gasteiger partial charge in [-0.1, -0.05) is 42.5 Å². The normalized spacial score (nSPS) is 18.5. The molecule has 0 radical (unpaired) electrons. The number of likely N-dealkylation sites (tertiary alicyclic amines) is 1. The Morgan fingerprint density at radius 1 is 1.07 bits per heavy atom. The molecule has 1 fully saturated rings. The third-order valence-corrected chi connectivity index (χ3v) is 9.35. The maximum atomic E-state index is 14.1. The van der Waals surface area contributed by atoms with Gasteiger partial charge in [-0.3, -0.25) is 9.59 Å². The molecule has 46 heavy (non-hydrogen) atoms. The Kier molecular flexibility index (Phi) is 9.78. The summed E-state index contributed by atoms with van der Waals surface area (Å²) < 4.78 is 43.0. The number of aliphatic hydroxyl groups excluding tert-OH is 1. The fourth-order valence-electron chi connectivity index (χ4n) is 6.84. The first-order chi connectivity index (χ1) is 21.8. The molecule has 1 spiro atoms. The standard InChI is InChI=1S/C34H41F3N4O5/c1-22(42)19-39-32(2,21-46-31(45)34(35,36)37)18-29(43)40-28(17-24-20-38-27-10-6-4-8-25(24)27)30(44)41-15-13-33(14-16-41)12-11-23-7-3-5-9-26(23)33/h3-10,20,22,28,38-39,42H,11-19,21H2,1-2H3,(H,40,43)/t22-,28-,32-/m1/s1. The molecule has 0 unspecified atom stereocenters. The molecule has 3 aromatic rings. The van der Waals surface area contributed by atoms with E-state index >= 15 is 0 Å². The van der Waals surface area contributed by atoms with Crippen LogP contribution in [0.4, 0.5) is 13.2 Å². The zero-order valence-corrected chi connectivity index (χ0v) is 26.1. The van der Waals surface area contributed by atoms with Crippen LogP contribution in [0.3, 0.4) is 0 Å². The van der Waals surface area contributed by atoms with Crippen molar-refractivity contribution < 1.29 is 37.4 Å². The number of β-amino-alcohol motifs (C(OH)–C–C–N with tert-alkyl or cyclic N) is 1. The van der Waals surface area contributed by atoms with Gasteiger partial charge in [0, 0.05) is 49.6 Å². The molecule has 1 aliphatic heterocycles. The number of nitrogens with one attached hydrogen (secondary N) is 3. The predicted octanol–water partition coefficient (Wildman–Crippen LogP) is 3.93. The number of aryl methyl sites for hydroxylation is 1. The molecule has 2 amide bonds. The van der Waals surface area contributed by atoms with Crippen molar-refractivity contribution in [2.45, 2.75) is 81.6 Å². The lowest BCUT2D eigenvalue weighted by Crippen LogP contribution is -2.56. The van der Waals surface area contributed by atoms with E-state index in [2.05, 4.69) is 44.6 Å². The minimum absolute atomic E-state index is 0.0358. The first kappa shape index (κ1) is 33.5. The zero-order chi connectivity index (χ0) is 33.1. The maximum absolute atomic E-state index is 14.1. The van der Waals surface area contributed by atoms with E-state index in [4.69, 9.17) is 0 Å². The number of hydrogen-bond donors (Lipinski definition) is 4. The highest BCUT2D eigenvalue weighted by Gasteiger charge is 2.44. The van der Waals surface area contributed by atoms with Gasteiger partial charge >= 0.3 is 12.1 Å². The number of fused-ring (bicyclic) bond motifs is 3. The van der Waals surface area contributed by atoms with E-state index in [1.807, 2.05) is 30.5 Å². The minimum Gasteiger partial charge on any atom is -0.457 e. The lowest BCUT2D eigenvalue weighted by molar-refractivity contribution is -0.201. The van der Waals surface area contributed by atoms with Gasteiger partial charge in [0.1, 0.15) is 12.6 Å². The van der Waals surface area contributed by atoms with E-state index < -0.39 is 48.8 Å². The summed E-state index contributed by atoms with van der Waals surface area (Å²) in [5.41, 5.74) is 3.02. The molecule has 3 atom stereocenters. The van der Waals surface area contributed by atoms with Gasteiger partial charge in [0.25, 0.3) is 0 Å². The van der Waals surface area contributed by atoms with Crippen molar-refractivity contribution in [3.63, 3.8) is 0 Å². The number of H-pyrrole nitrogens is 1. The van der Waals surface area contributed by atoms with Gasteiger partial charge in [-0.25, -0.2) is 4.79 Å². The van der Waals surface area contributed by atoms with E-state index in [1.165, 1.54) is 25.0 Å². The second-order valence-electron chi connectivity index (χ2n) is 13.0. The average Bonchev–Trinajstić information content (AvgIpc) is 3.59. The molecule has 9 nitrogen and oxygen atoms in total. The Balaban J connectivity index is 1.32. The summed E-state index contributed by atoms with van der Waals surface area (Å²) in [6, 6.07) is 15.2. The zero-order valence-electron chi connectivity index (χ0n) is 26.1. The topological polar surface area (TPSA) is 124 Å². The molecule has 5 rings (SSSR count). The van der Waals surface area contributed by atoms with Crippen molar-refractivity contribution in [2.24, 2.45) is 0 Å². The number of amides is 2. The summed E-state index contributed by atoms with van der Waals surface area (Å²) in [6.07, 6.45) is -0.802. The summed E-state index contributed by atoms with van der Waals surface area (Å²) in [5.74, 6) is -3.22. The number of ether oxygens (including phenoxy) is 1. The number of hydrogen-bond acceptors (Lipinski definition) is 6. The van der Waals surface area contributed by atoms with Gasteiger partial charge in [0.15, 0.2) is 0 Å². The number of carbonyl (C=O) groups is 3. The molecular weight excluding hydrogens is 601 g/mol. The van der Waals surface area contributed by atoms with Gasteiger partial charge in [0.2, 0.25) is 11.8 Å². The number of esters is 1. The molecule has 1 aliphatic carbocycles. The third kappa shape index (κ3) is 7.55. The van der Waals surface area contributed by atoms with Crippen molar-refractivity contribution in [1.29, 1.82) is 0 Å². The maximum Gasteiger partial charge on any atom is 0.490 e. The molecule has 1 aromatic heterocycles. The Bertz CT molecular complexity index is 1560.